The number of benzene rings is 1. The Kier molecular flexibility index (Phi) is 3.10. The second-order valence-electron chi connectivity index (χ2n) is 5.62. The van der Waals surface area contributed by atoms with E-state index in [0.29, 0.717) is 16.6 Å². The van der Waals surface area contributed by atoms with E-state index in [-0.39, 0.29) is 11.4 Å². The van der Waals surface area contributed by atoms with Crippen molar-refractivity contribution in [2.45, 2.75) is 6.10 Å². The summed E-state index contributed by atoms with van der Waals surface area (Å²) in [5.41, 5.74) is 2.17. The summed E-state index contributed by atoms with van der Waals surface area (Å²) >= 11 is 0. The number of carbonyl (C=O) groups is 1. The number of carboxylic acid groups (broad SMARTS) is 1. The number of para-hydroxylation sites is 1. The first-order valence-corrected chi connectivity index (χ1v) is 7.35. The Labute approximate surface area is 136 Å². The Morgan fingerprint density at radius 1 is 1.29 bits per heavy atom. The van der Waals surface area contributed by atoms with Crippen LogP contribution in [0.5, 0.6) is 0 Å². The van der Waals surface area contributed by atoms with E-state index < -0.39 is 12.1 Å². The molecule has 0 aliphatic rings. The molecule has 0 aliphatic heterocycles. The van der Waals surface area contributed by atoms with Gasteiger partial charge in [0, 0.05) is 23.3 Å². The van der Waals surface area contributed by atoms with Gasteiger partial charge in [-0.05, 0) is 12.1 Å². The van der Waals surface area contributed by atoms with Gasteiger partial charge >= 0.3 is 5.97 Å². The van der Waals surface area contributed by atoms with E-state index in [1.807, 2.05) is 24.3 Å². The quantitative estimate of drug-likeness (QED) is 0.536. The predicted molar refractivity (Wildman–Crippen MR) is 87.8 cm³/mol. The number of aryl methyl sites for hydroxylation is 1. The third-order valence-corrected chi connectivity index (χ3v) is 4.14. The summed E-state index contributed by atoms with van der Waals surface area (Å²) in [5, 5.41) is 21.7. The zero-order valence-corrected chi connectivity index (χ0v) is 12.8. The van der Waals surface area contributed by atoms with Gasteiger partial charge in [0.15, 0.2) is 0 Å². The molecule has 7 nitrogen and oxygen atoms in total. The zero-order valence-electron chi connectivity index (χ0n) is 12.8. The average Bonchev–Trinajstić information content (AvgIpc) is 3.16. The molecule has 3 heterocycles. The third-order valence-electron chi connectivity index (χ3n) is 4.14. The highest BCUT2D eigenvalue weighted by atomic mass is 16.4. The van der Waals surface area contributed by atoms with Gasteiger partial charge in [-0.3, -0.25) is 0 Å². The number of carboxylic acids is 1. The van der Waals surface area contributed by atoms with Gasteiger partial charge in [-0.2, -0.15) is 0 Å². The van der Waals surface area contributed by atoms with Crippen LogP contribution in [0, 0.1) is 0 Å². The number of hydrogen-bond donors (Lipinski definition) is 3. The van der Waals surface area contributed by atoms with Crippen molar-refractivity contribution >= 4 is 27.8 Å². The topological polar surface area (TPSA) is 104 Å². The van der Waals surface area contributed by atoms with Crippen LogP contribution >= 0.6 is 0 Å². The summed E-state index contributed by atoms with van der Waals surface area (Å²) in [7, 11) is 1.76. The molecular weight excluding hydrogens is 308 g/mol. The van der Waals surface area contributed by atoms with Crippen molar-refractivity contribution in [3.05, 3.63) is 59.9 Å². The van der Waals surface area contributed by atoms with Crippen LogP contribution in [0.3, 0.4) is 0 Å². The van der Waals surface area contributed by atoms with Crippen LogP contribution < -0.4 is 0 Å². The van der Waals surface area contributed by atoms with Crippen molar-refractivity contribution in [3.8, 4) is 0 Å². The van der Waals surface area contributed by atoms with Crippen molar-refractivity contribution in [1.29, 1.82) is 0 Å². The summed E-state index contributed by atoms with van der Waals surface area (Å²) < 4.78 is 1.67. The van der Waals surface area contributed by atoms with Gasteiger partial charge in [-0.15, -0.1) is 0 Å². The lowest BCUT2D eigenvalue weighted by Crippen LogP contribution is -2.11. The molecule has 4 aromatic rings. The molecule has 120 valence electrons. The van der Waals surface area contributed by atoms with Crippen molar-refractivity contribution < 1.29 is 15.0 Å². The van der Waals surface area contributed by atoms with Gasteiger partial charge in [0.05, 0.1) is 23.7 Å². The number of hydrogen-bond acceptors (Lipinski definition) is 4. The first-order valence-electron chi connectivity index (χ1n) is 7.35. The maximum Gasteiger partial charge on any atom is 0.354 e. The van der Waals surface area contributed by atoms with Gasteiger partial charge in [0.2, 0.25) is 0 Å². The van der Waals surface area contributed by atoms with Crippen molar-refractivity contribution in [3.63, 3.8) is 0 Å². The SMILES string of the molecule is Cn1cncc1C(O)c1nc(C(=O)O)cc2c1[nH]c1ccccc12. The number of nitrogens with zero attached hydrogens (tertiary/aromatic N) is 3. The number of aromatic amines is 1. The second kappa shape index (κ2) is 5.17. The van der Waals surface area contributed by atoms with Crippen molar-refractivity contribution in [2.24, 2.45) is 7.05 Å². The highest BCUT2D eigenvalue weighted by Gasteiger charge is 2.23. The molecule has 4 rings (SSSR count). The summed E-state index contributed by atoms with van der Waals surface area (Å²) in [5.74, 6) is -1.14. The van der Waals surface area contributed by atoms with Crippen molar-refractivity contribution in [1.82, 2.24) is 19.5 Å². The van der Waals surface area contributed by atoms with Crippen LogP contribution in [0.1, 0.15) is 28.0 Å². The molecule has 0 spiro atoms. The average molecular weight is 322 g/mol. The Morgan fingerprint density at radius 2 is 2.08 bits per heavy atom. The van der Waals surface area contributed by atoms with E-state index in [0.717, 1.165) is 10.9 Å². The zero-order chi connectivity index (χ0) is 16.8. The monoisotopic (exact) mass is 322 g/mol. The minimum Gasteiger partial charge on any atom is -0.477 e. The number of imidazole rings is 1. The van der Waals surface area contributed by atoms with Crippen LogP contribution in [0.2, 0.25) is 0 Å². The second-order valence-corrected chi connectivity index (χ2v) is 5.62. The number of pyridine rings is 1. The molecule has 0 fully saturated rings. The molecule has 1 unspecified atom stereocenters. The first kappa shape index (κ1) is 14.4. The highest BCUT2D eigenvalue weighted by Crippen LogP contribution is 2.32. The Hall–Kier alpha value is -3.19. The Morgan fingerprint density at radius 3 is 2.79 bits per heavy atom. The van der Waals surface area contributed by atoms with Crippen molar-refractivity contribution in [2.75, 3.05) is 0 Å². The van der Waals surface area contributed by atoms with Crippen LogP contribution in [-0.2, 0) is 7.05 Å². The maximum atomic E-state index is 11.5. The fourth-order valence-corrected chi connectivity index (χ4v) is 2.95. The molecule has 1 aromatic carbocycles. The van der Waals surface area contributed by atoms with Crippen LogP contribution in [-0.4, -0.2) is 35.7 Å². The van der Waals surface area contributed by atoms with E-state index in [1.54, 1.807) is 17.9 Å². The molecule has 3 N–H and O–H groups in total. The predicted octanol–water partition coefficient (Wildman–Crippen LogP) is 2.23. The number of H-pyrrole nitrogens is 1. The molecule has 0 saturated carbocycles. The summed E-state index contributed by atoms with van der Waals surface area (Å²) in [6.07, 6.45) is 2.02. The Balaban J connectivity index is 2.06. The van der Waals surface area contributed by atoms with Gasteiger partial charge < -0.3 is 19.8 Å². The largest absolute Gasteiger partial charge is 0.477 e. The number of rotatable bonds is 3. The minimum absolute atomic E-state index is 0.108. The van der Waals surface area contributed by atoms with Crippen LogP contribution in [0.25, 0.3) is 21.8 Å². The lowest BCUT2D eigenvalue weighted by atomic mass is 10.1. The van der Waals surface area contributed by atoms with E-state index >= 15 is 0 Å². The molecule has 24 heavy (non-hydrogen) atoms. The number of fused-ring (bicyclic) bond motifs is 3. The molecule has 1 atom stereocenters. The number of aliphatic hydroxyl groups excluding tert-OH is 1. The summed E-state index contributed by atoms with van der Waals surface area (Å²) in [4.78, 5) is 22.9. The van der Waals surface area contributed by atoms with Gasteiger partial charge in [-0.25, -0.2) is 14.8 Å². The maximum absolute atomic E-state index is 11.5. The summed E-state index contributed by atoms with van der Waals surface area (Å²) in [6.45, 7) is 0. The lowest BCUT2D eigenvalue weighted by Gasteiger charge is -2.12. The van der Waals surface area contributed by atoms with E-state index in [9.17, 15) is 15.0 Å². The molecule has 0 aliphatic carbocycles. The summed E-state index contributed by atoms with van der Waals surface area (Å²) in [6, 6.07) is 9.10. The smallest absolute Gasteiger partial charge is 0.354 e. The fraction of sp³-hybridized carbons (Fsp3) is 0.118. The molecule has 7 heteroatoms. The van der Waals surface area contributed by atoms with E-state index in [2.05, 4.69) is 15.0 Å². The van der Waals surface area contributed by atoms with Gasteiger partial charge in [0.1, 0.15) is 17.5 Å². The molecule has 3 aromatic heterocycles. The van der Waals surface area contributed by atoms with Crippen LogP contribution in [0.15, 0.2) is 42.9 Å². The molecule has 0 amide bonds. The van der Waals surface area contributed by atoms with Gasteiger partial charge in [0.25, 0.3) is 0 Å². The number of nitrogens with one attached hydrogen (secondary N) is 1. The number of aliphatic hydroxyl groups is 1. The standard InChI is InChI=1S/C17H14N4O3/c1-21-8-18-7-13(21)16(22)15-14-10(6-12(20-15)17(23)24)9-4-2-3-5-11(9)19-14/h2-8,16,19,22H,1H3,(H,23,24). The number of aromatic carboxylic acids is 1. The van der Waals surface area contributed by atoms with Gasteiger partial charge in [-0.1, -0.05) is 18.2 Å². The third kappa shape index (κ3) is 2.06. The Bertz CT molecular complexity index is 1080. The number of aromatic nitrogens is 4. The fourth-order valence-electron chi connectivity index (χ4n) is 2.95. The highest BCUT2D eigenvalue weighted by molar-refractivity contribution is 6.09. The molecule has 0 bridgehead atoms. The first-order chi connectivity index (χ1) is 11.6. The minimum atomic E-state index is -1.14. The molecular formula is C17H14N4O3. The lowest BCUT2D eigenvalue weighted by molar-refractivity contribution is 0.0690. The van der Waals surface area contributed by atoms with E-state index in [1.165, 1.54) is 12.3 Å². The molecule has 0 saturated heterocycles. The normalized spacial score (nSPS) is 12.8. The van der Waals surface area contributed by atoms with E-state index in [4.69, 9.17) is 0 Å². The van der Waals surface area contributed by atoms with Crippen LogP contribution in [0.4, 0.5) is 0 Å². The molecule has 0 radical (unpaired) electrons.